The first-order chi connectivity index (χ1) is 9.66. The molecule has 1 aliphatic heterocycles. The number of ether oxygens (including phenoxy) is 2. The lowest BCUT2D eigenvalue weighted by atomic mass is 9.96. The summed E-state index contributed by atoms with van der Waals surface area (Å²) in [5.74, 6) is -0.502. The van der Waals surface area contributed by atoms with E-state index in [4.69, 9.17) is 14.6 Å². The highest BCUT2D eigenvalue weighted by molar-refractivity contribution is 5.79. The Morgan fingerprint density at radius 1 is 1.40 bits per heavy atom. The quantitative estimate of drug-likeness (QED) is 0.739. The largest absolute Gasteiger partial charge is 0.492 e. The molecule has 0 aromatic heterocycles. The molecule has 2 rings (SSSR count). The molecule has 20 heavy (non-hydrogen) atoms. The van der Waals surface area contributed by atoms with Gasteiger partial charge in [-0.25, -0.2) is 4.79 Å². The Balaban J connectivity index is 1.73. The van der Waals surface area contributed by atoms with Gasteiger partial charge in [-0.05, 0) is 18.1 Å². The van der Waals surface area contributed by atoms with Gasteiger partial charge in [-0.3, -0.25) is 4.79 Å². The van der Waals surface area contributed by atoms with Gasteiger partial charge in [0.05, 0.1) is 12.5 Å². The lowest BCUT2D eigenvalue weighted by Crippen LogP contribution is -2.38. The fourth-order valence-corrected chi connectivity index (χ4v) is 2.05. The minimum atomic E-state index is -1.02. The van der Waals surface area contributed by atoms with Crippen LogP contribution in [0.2, 0.25) is 0 Å². The summed E-state index contributed by atoms with van der Waals surface area (Å²) >= 11 is 0. The van der Waals surface area contributed by atoms with Crippen LogP contribution in [0.15, 0.2) is 24.3 Å². The second-order valence-electron chi connectivity index (χ2n) is 4.56. The molecule has 1 unspecified atom stereocenters. The number of para-hydroxylation sites is 1. The molecule has 0 aliphatic carbocycles. The number of carbonyl (C=O) groups excluding carboxylic acids is 1. The normalized spacial score (nSPS) is 16.9. The zero-order chi connectivity index (χ0) is 14.4. The van der Waals surface area contributed by atoms with Gasteiger partial charge in [0.15, 0.2) is 0 Å². The Bertz CT molecular complexity index is 488. The molecule has 0 spiro atoms. The van der Waals surface area contributed by atoms with Crippen molar-refractivity contribution in [3.63, 3.8) is 0 Å². The highest BCUT2D eigenvalue weighted by atomic mass is 16.5. The molecule has 1 aliphatic rings. The van der Waals surface area contributed by atoms with Gasteiger partial charge >= 0.3 is 5.97 Å². The summed E-state index contributed by atoms with van der Waals surface area (Å²) in [4.78, 5) is 22.2. The number of carbonyl (C=O) groups is 2. The van der Waals surface area contributed by atoms with Gasteiger partial charge in [0.2, 0.25) is 5.91 Å². The number of rotatable bonds is 6. The van der Waals surface area contributed by atoms with Crippen molar-refractivity contribution in [2.24, 2.45) is 5.92 Å². The summed E-state index contributed by atoms with van der Waals surface area (Å²) in [5, 5.41) is 11.1. The summed E-state index contributed by atoms with van der Waals surface area (Å²) in [6.07, 6.45) is 0.651. The molecule has 0 saturated heterocycles. The Kier molecular flexibility index (Phi) is 4.95. The van der Waals surface area contributed by atoms with Crippen molar-refractivity contribution in [1.29, 1.82) is 0 Å². The first kappa shape index (κ1) is 14.3. The molecule has 1 atom stereocenters. The number of carboxylic acids is 1. The highest BCUT2D eigenvalue weighted by Crippen LogP contribution is 2.26. The molecule has 1 heterocycles. The third-order valence-corrected chi connectivity index (χ3v) is 3.02. The van der Waals surface area contributed by atoms with E-state index in [2.05, 4.69) is 5.32 Å². The average Bonchev–Trinajstić information content (AvgIpc) is 2.46. The van der Waals surface area contributed by atoms with Gasteiger partial charge in [0.1, 0.15) is 19.0 Å². The molecule has 108 valence electrons. The molecule has 6 nitrogen and oxygen atoms in total. The fourth-order valence-electron chi connectivity index (χ4n) is 2.05. The van der Waals surface area contributed by atoms with Crippen molar-refractivity contribution in [2.75, 3.05) is 26.4 Å². The molecule has 0 fully saturated rings. The number of hydrogen-bond donors (Lipinski definition) is 2. The van der Waals surface area contributed by atoms with Gasteiger partial charge in [-0.1, -0.05) is 18.2 Å². The number of aliphatic carboxylic acids is 1. The summed E-state index contributed by atoms with van der Waals surface area (Å²) in [6, 6.07) is 7.66. The van der Waals surface area contributed by atoms with E-state index in [9.17, 15) is 9.59 Å². The number of benzene rings is 1. The smallest absolute Gasteiger partial charge is 0.329 e. The van der Waals surface area contributed by atoms with E-state index >= 15 is 0 Å². The molecule has 6 heteroatoms. The van der Waals surface area contributed by atoms with Crippen LogP contribution in [0.4, 0.5) is 0 Å². The number of hydrogen-bond acceptors (Lipinski definition) is 4. The molecule has 2 N–H and O–H groups in total. The summed E-state index contributed by atoms with van der Waals surface area (Å²) in [5.41, 5.74) is 1.03. The zero-order valence-electron chi connectivity index (χ0n) is 11.0. The third-order valence-electron chi connectivity index (χ3n) is 3.02. The Morgan fingerprint density at radius 3 is 3.00 bits per heavy atom. The van der Waals surface area contributed by atoms with E-state index in [-0.39, 0.29) is 25.0 Å². The Morgan fingerprint density at radius 2 is 2.20 bits per heavy atom. The van der Waals surface area contributed by atoms with E-state index in [0.29, 0.717) is 19.6 Å². The Hall–Kier alpha value is -2.08. The van der Waals surface area contributed by atoms with Gasteiger partial charge in [-0.2, -0.15) is 0 Å². The van der Waals surface area contributed by atoms with Crippen LogP contribution in [0.25, 0.3) is 0 Å². The van der Waals surface area contributed by atoms with Crippen LogP contribution in [0.1, 0.15) is 5.56 Å². The molecule has 1 aromatic carbocycles. The van der Waals surface area contributed by atoms with Crippen LogP contribution >= 0.6 is 0 Å². The first-order valence-corrected chi connectivity index (χ1v) is 6.45. The predicted molar refractivity (Wildman–Crippen MR) is 70.6 cm³/mol. The van der Waals surface area contributed by atoms with Crippen LogP contribution in [0.5, 0.6) is 5.75 Å². The van der Waals surface area contributed by atoms with E-state index in [1.807, 2.05) is 24.3 Å². The third kappa shape index (κ3) is 3.96. The minimum absolute atomic E-state index is 0.0987. The highest BCUT2D eigenvalue weighted by Gasteiger charge is 2.25. The topological polar surface area (TPSA) is 84.9 Å². The maximum absolute atomic E-state index is 11.9. The number of carboxylic acid groups (broad SMARTS) is 1. The van der Waals surface area contributed by atoms with Gasteiger partial charge in [0.25, 0.3) is 0 Å². The average molecular weight is 279 g/mol. The molecule has 0 radical (unpaired) electrons. The molecular weight excluding hydrogens is 262 g/mol. The molecule has 0 bridgehead atoms. The van der Waals surface area contributed by atoms with Crippen LogP contribution in [-0.2, 0) is 20.7 Å². The van der Waals surface area contributed by atoms with Crippen LogP contribution in [0.3, 0.4) is 0 Å². The van der Waals surface area contributed by atoms with Gasteiger partial charge in [-0.15, -0.1) is 0 Å². The predicted octanol–water partition coefficient (Wildman–Crippen LogP) is 0.455. The second-order valence-corrected chi connectivity index (χ2v) is 4.56. The second kappa shape index (κ2) is 6.91. The lowest BCUT2D eigenvalue weighted by molar-refractivity contribution is -0.142. The number of amides is 1. The van der Waals surface area contributed by atoms with E-state index in [0.717, 1.165) is 11.3 Å². The summed E-state index contributed by atoms with van der Waals surface area (Å²) < 4.78 is 10.4. The van der Waals surface area contributed by atoms with Crippen LogP contribution in [-0.4, -0.2) is 43.3 Å². The maximum Gasteiger partial charge on any atom is 0.329 e. The monoisotopic (exact) mass is 279 g/mol. The standard InChI is InChI=1S/C14H17NO5/c16-13(17)9-19-6-5-15-14(18)11-7-10-3-1-2-4-12(10)20-8-11/h1-4,11H,5-9H2,(H,15,18)(H,16,17). The van der Waals surface area contributed by atoms with Crippen molar-refractivity contribution in [3.05, 3.63) is 29.8 Å². The lowest BCUT2D eigenvalue weighted by Gasteiger charge is -2.24. The first-order valence-electron chi connectivity index (χ1n) is 6.45. The summed E-state index contributed by atoms with van der Waals surface area (Å²) in [6.45, 7) is 0.487. The molecular formula is C14H17NO5. The maximum atomic E-state index is 11.9. The Labute approximate surface area is 116 Å². The van der Waals surface area contributed by atoms with Gasteiger partial charge in [0, 0.05) is 6.54 Å². The van der Waals surface area contributed by atoms with E-state index < -0.39 is 5.97 Å². The van der Waals surface area contributed by atoms with E-state index in [1.54, 1.807) is 0 Å². The van der Waals surface area contributed by atoms with Crippen molar-refractivity contribution in [2.45, 2.75) is 6.42 Å². The van der Waals surface area contributed by atoms with Gasteiger partial charge < -0.3 is 19.9 Å². The zero-order valence-corrected chi connectivity index (χ0v) is 11.0. The molecule has 0 saturated carbocycles. The number of nitrogens with one attached hydrogen (secondary N) is 1. The van der Waals surface area contributed by atoms with E-state index in [1.165, 1.54) is 0 Å². The van der Waals surface area contributed by atoms with Crippen molar-refractivity contribution in [3.8, 4) is 5.75 Å². The fraction of sp³-hybridized carbons (Fsp3) is 0.429. The number of fused-ring (bicyclic) bond motifs is 1. The van der Waals surface area contributed by atoms with Crippen LogP contribution < -0.4 is 10.1 Å². The molecule has 1 aromatic rings. The van der Waals surface area contributed by atoms with Crippen molar-refractivity contribution < 1.29 is 24.2 Å². The van der Waals surface area contributed by atoms with Crippen molar-refractivity contribution in [1.82, 2.24) is 5.32 Å². The molecule has 1 amide bonds. The minimum Gasteiger partial charge on any atom is -0.492 e. The van der Waals surface area contributed by atoms with Crippen molar-refractivity contribution >= 4 is 11.9 Å². The summed E-state index contributed by atoms with van der Waals surface area (Å²) in [7, 11) is 0. The SMILES string of the molecule is O=C(O)COCCNC(=O)C1COc2ccccc2C1. The van der Waals surface area contributed by atoms with Crippen LogP contribution in [0, 0.1) is 5.92 Å².